The molecule has 3 nitrogen and oxygen atoms in total. The van der Waals surface area contributed by atoms with Crippen LogP contribution < -0.4 is 9.84 Å². The molecule has 2 rings (SSSR count). The summed E-state index contributed by atoms with van der Waals surface area (Å²) in [6, 6.07) is 4.68. The van der Waals surface area contributed by atoms with Crippen LogP contribution >= 0.6 is 0 Å². The van der Waals surface area contributed by atoms with Crippen molar-refractivity contribution in [2.45, 2.75) is 6.18 Å². The minimum Gasteiger partial charge on any atom is -0.872 e. The number of nitrogens with zero attached hydrogens (tertiary/aromatic N) is 1. The van der Waals surface area contributed by atoms with Gasteiger partial charge in [0.1, 0.15) is 11.4 Å². The van der Waals surface area contributed by atoms with Gasteiger partial charge in [0.15, 0.2) is 0 Å². The van der Waals surface area contributed by atoms with E-state index >= 15 is 0 Å². The highest BCUT2D eigenvalue weighted by Crippen LogP contribution is 2.33. The molecule has 1 aromatic carbocycles. The van der Waals surface area contributed by atoms with Gasteiger partial charge in [-0.05, 0) is 23.6 Å². The Morgan fingerprint density at radius 1 is 1.24 bits per heavy atom. The fourth-order valence-corrected chi connectivity index (χ4v) is 1.45. The van der Waals surface area contributed by atoms with Gasteiger partial charge in [-0.15, -0.1) is 0 Å². The first-order valence-electron chi connectivity index (χ1n) is 4.65. The Morgan fingerprint density at radius 2 is 1.94 bits per heavy atom. The summed E-state index contributed by atoms with van der Waals surface area (Å²) in [4.78, 5) is 3.41. The number of hydrogen-bond acceptors (Lipinski definition) is 3. The van der Waals surface area contributed by atoms with E-state index in [2.05, 4.69) is 4.98 Å². The first-order chi connectivity index (χ1) is 7.91. The molecule has 1 heterocycles. The zero-order chi connectivity index (χ0) is 12.6. The van der Waals surface area contributed by atoms with Gasteiger partial charge in [0, 0.05) is 6.07 Å². The molecule has 0 N–H and O–H groups in total. The van der Waals surface area contributed by atoms with E-state index in [1.165, 1.54) is 25.3 Å². The molecule has 0 unspecified atom stereocenters. The third kappa shape index (κ3) is 2.11. The molecule has 0 aliphatic carbocycles. The highest BCUT2D eigenvalue weighted by atomic mass is 19.4. The van der Waals surface area contributed by atoms with Crippen LogP contribution in [-0.2, 0) is 6.18 Å². The van der Waals surface area contributed by atoms with Crippen LogP contribution in [0.2, 0.25) is 0 Å². The molecular formula is C11H7F3NO2-. The highest BCUT2D eigenvalue weighted by molar-refractivity contribution is 5.85. The first kappa shape index (κ1) is 11.5. The van der Waals surface area contributed by atoms with Gasteiger partial charge >= 0.3 is 6.18 Å². The lowest BCUT2D eigenvalue weighted by atomic mass is 10.1. The molecule has 0 saturated heterocycles. The van der Waals surface area contributed by atoms with Crippen molar-refractivity contribution in [3.63, 3.8) is 0 Å². The zero-order valence-electron chi connectivity index (χ0n) is 8.71. The van der Waals surface area contributed by atoms with Gasteiger partial charge in [0.25, 0.3) is 0 Å². The fraction of sp³-hybridized carbons (Fsp3) is 0.182. The number of pyridine rings is 1. The number of benzene rings is 1. The number of fused-ring (bicyclic) bond motifs is 1. The molecule has 6 heteroatoms. The first-order valence-corrected chi connectivity index (χ1v) is 4.65. The van der Waals surface area contributed by atoms with Crippen LogP contribution in [0.4, 0.5) is 13.2 Å². The Bertz CT molecular complexity index is 566. The van der Waals surface area contributed by atoms with Crippen LogP contribution in [0.5, 0.6) is 11.5 Å². The monoisotopic (exact) mass is 242 g/mol. The SMILES string of the molecule is COc1ccc2c([O-])cc(C(F)(F)F)nc2c1. The summed E-state index contributed by atoms with van der Waals surface area (Å²) in [5, 5.41) is 11.6. The molecular weight excluding hydrogens is 235 g/mol. The second kappa shape index (κ2) is 3.80. The molecule has 2 aromatic rings. The van der Waals surface area contributed by atoms with Crippen LogP contribution in [0.1, 0.15) is 5.69 Å². The Balaban J connectivity index is 2.70. The summed E-state index contributed by atoms with van der Waals surface area (Å²) < 4.78 is 42.2. The Hall–Kier alpha value is -1.98. The normalized spacial score (nSPS) is 11.8. The molecule has 0 aliphatic heterocycles. The number of methoxy groups -OCH3 is 1. The largest absolute Gasteiger partial charge is 0.872 e. The maximum Gasteiger partial charge on any atom is 0.433 e. The molecule has 1 aromatic heterocycles. The molecule has 90 valence electrons. The molecule has 0 spiro atoms. The summed E-state index contributed by atoms with van der Waals surface area (Å²) >= 11 is 0. The summed E-state index contributed by atoms with van der Waals surface area (Å²) in [7, 11) is 1.38. The zero-order valence-corrected chi connectivity index (χ0v) is 8.71. The van der Waals surface area contributed by atoms with E-state index in [0.717, 1.165) is 0 Å². The number of aromatic nitrogens is 1. The van der Waals surface area contributed by atoms with Crippen LogP contribution in [-0.4, -0.2) is 12.1 Å². The maximum atomic E-state index is 12.4. The van der Waals surface area contributed by atoms with Crippen molar-refractivity contribution >= 4 is 10.9 Å². The van der Waals surface area contributed by atoms with Gasteiger partial charge in [-0.1, -0.05) is 5.75 Å². The van der Waals surface area contributed by atoms with E-state index in [4.69, 9.17) is 4.74 Å². The van der Waals surface area contributed by atoms with E-state index in [0.29, 0.717) is 11.8 Å². The van der Waals surface area contributed by atoms with Crippen molar-refractivity contribution < 1.29 is 23.0 Å². The molecule has 0 amide bonds. The average Bonchev–Trinajstić information content (AvgIpc) is 2.27. The van der Waals surface area contributed by atoms with Crippen molar-refractivity contribution in [1.82, 2.24) is 4.98 Å². The summed E-state index contributed by atoms with van der Waals surface area (Å²) in [6.07, 6.45) is -4.63. The van der Waals surface area contributed by atoms with Gasteiger partial charge in [0.2, 0.25) is 0 Å². The highest BCUT2D eigenvalue weighted by Gasteiger charge is 2.32. The lowest BCUT2D eigenvalue weighted by Crippen LogP contribution is -2.09. The second-order valence-electron chi connectivity index (χ2n) is 3.39. The molecule has 0 saturated carbocycles. The van der Waals surface area contributed by atoms with Crippen molar-refractivity contribution in [1.29, 1.82) is 0 Å². The molecule has 17 heavy (non-hydrogen) atoms. The molecule has 0 radical (unpaired) electrons. The smallest absolute Gasteiger partial charge is 0.433 e. The van der Waals surface area contributed by atoms with Crippen molar-refractivity contribution in [2.75, 3.05) is 7.11 Å². The summed E-state index contributed by atoms with van der Waals surface area (Å²) in [6.45, 7) is 0. The van der Waals surface area contributed by atoms with Crippen LogP contribution in [0.15, 0.2) is 24.3 Å². The minimum absolute atomic E-state index is 0.0239. The quantitative estimate of drug-likeness (QED) is 0.770. The van der Waals surface area contributed by atoms with E-state index in [9.17, 15) is 18.3 Å². The van der Waals surface area contributed by atoms with E-state index < -0.39 is 17.6 Å². The third-order valence-electron chi connectivity index (χ3n) is 2.27. The lowest BCUT2D eigenvalue weighted by Gasteiger charge is -2.14. The molecule has 0 bridgehead atoms. The number of hydrogen-bond donors (Lipinski definition) is 0. The van der Waals surface area contributed by atoms with Gasteiger partial charge in [0.05, 0.1) is 12.6 Å². The van der Waals surface area contributed by atoms with E-state index in [1.54, 1.807) is 0 Å². The molecule has 0 atom stereocenters. The number of rotatable bonds is 1. The standard InChI is InChI=1S/C11H8F3NO2/c1-17-6-2-3-7-8(4-6)15-10(5-9(7)16)11(12,13)14/h2-5H,1H3,(H,15,16)/p-1. The third-order valence-corrected chi connectivity index (χ3v) is 2.27. The van der Waals surface area contributed by atoms with Crippen LogP contribution in [0.25, 0.3) is 10.9 Å². The number of ether oxygens (including phenoxy) is 1. The van der Waals surface area contributed by atoms with Crippen molar-refractivity contribution in [2.24, 2.45) is 0 Å². The predicted molar refractivity (Wildman–Crippen MR) is 52.7 cm³/mol. The Labute approximate surface area is 94.5 Å². The predicted octanol–water partition coefficient (Wildman–Crippen LogP) is 2.34. The van der Waals surface area contributed by atoms with Crippen molar-refractivity contribution in [3.05, 3.63) is 30.0 Å². The Kier molecular flexibility index (Phi) is 2.57. The van der Waals surface area contributed by atoms with Gasteiger partial charge in [-0.3, -0.25) is 0 Å². The number of halogens is 3. The van der Waals surface area contributed by atoms with Gasteiger partial charge < -0.3 is 9.84 Å². The summed E-state index contributed by atoms with van der Waals surface area (Å²) in [5.74, 6) is -0.353. The van der Waals surface area contributed by atoms with Gasteiger partial charge in [-0.25, -0.2) is 4.98 Å². The van der Waals surface area contributed by atoms with Crippen LogP contribution in [0.3, 0.4) is 0 Å². The topological polar surface area (TPSA) is 45.2 Å². The average molecular weight is 242 g/mol. The van der Waals surface area contributed by atoms with E-state index in [1.807, 2.05) is 0 Å². The number of alkyl halides is 3. The molecule has 0 aliphatic rings. The van der Waals surface area contributed by atoms with Gasteiger partial charge in [-0.2, -0.15) is 13.2 Å². The Morgan fingerprint density at radius 3 is 2.53 bits per heavy atom. The second-order valence-corrected chi connectivity index (χ2v) is 3.39. The van der Waals surface area contributed by atoms with Crippen molar-refractivity contribution in [3.8, 4) is 11.5 Å². The maximum absolute atomic E-state index is 12.4. The minimum atomic E-state index is -4.63. The summed E-state index contributed by atoms with van der Waals surface area (Å²) in [5.41, 5.74) is -1.22. The van der Waals surface area contributed by atoms with E-state index in [-0.39, 0.29) is 10.9 Å². The lowest BCUT2D eigenvalue weighted by molar-refractivity contribution is -0.266. The molecule has 0 fully saturated rings. The van der Waals surface area contributed by atoms with Crippen LogP contribution in [0, 0.1) is 0 Å². The fourth-order valence-electron chi connectivity index (χ4n) is 1.45.